The van der Waals surface area contributed by atoms with E-state index in [0.29, 0.717) is 24.5 Å². The molecular weight excluding hydrogens is 343 g/mol. The van der Waals surface area contributed by atoms with Crippen LogP contribution in [0.2, 0.25) is 5.02 Å². The molecule has 6 heteroatoms. The van der Waals surface area contributed by atoms with Crippen LogP contribution in [-0.4, -0.2) is 29.8 Å². The van der Waals surface area contributed by atoms with Crippen molar-refractivity contribution in [3.63, 3.8) is 0 Å². The predicted octanol–water partition coefficient (Wildman–Crippen LogP) is 3.19. The minimum atomic E-state index is -0.297. The van der Waals surface area contributed by atoms with Gasteiger partial charge < -0.3 is 10.2 Å². The number of hydrogen-bond acceptors (Lipinski definition) is 2. The van der Waals surface area contributed by atoms with Crippen molar-refractivity contribution in [3.05, 3.63) is 70.5 Å². The Labute approximate surface area is 151 Å². The normalized spacial score (nSPS) is 10.4. The van der Waals surface area contributed by atoms with Gasteiger partial charge in [-0.15, -0.1) is 0 Å². The molecule has 2 aromatic carbocycles. The maximum atomic E-state index is 12.9. The Balaban J connectivity index is 1.83. The first kappa shape index (κ1) is 18.9. The number of rotatable bonds is 7. The summed E-state index contributed by atoms with van der Waals surface area (Å²) < 4.78 is 12.9. The second kappa shape index (κ2) is 9.18. The Hall–Kier alpha value is -2.40. The van der Waals surface area contributed by atoms with E-state index in [1.165, 1.54) is 24.0 Å². The van der Waals surface area contributed by atoms with Crippen LogP contribution in [0.25, 0.3) is 0 Å². The summed E-state index contributed by atoms with van der Waals surface area (Å²) in [5, 5.41) is 3.42. The van der Waals surface area contributed by atoms with Crippen molar-refractivity contribution in [3.8, 4) is 0 Å². The summed E-state index contributed by atoms with van der Waals surface area (Å²) in [5.74, 6) is -0.707. The molecule has 0 saturated carbocycles. The number of benzene rings is 2. The molecule has 0 bridgehead atoms. The van der Waals surface area contributed by atoms with Gasteiger partial charge in [0.15, 0.2) is 0 Å². The van der Waals surface area contributed by atoms with Gasteiger partial charge in [0.2, 0.25) is 11.8 Å². The zero-order valence-corrected chi connectivity index (χ0v) is 14.7. The van der Waals surface area contributed by atoms with Crippen LogP contribution in [0.15, 0.2) is 48.5 Å². The lowest BCUT2D eigenvalue weighted by atomic mass is 10.1. The molecule has 4 nitrogen and oxygen atoms in total. The average Bonchev–Trinajstić information content (AvgIpc) is 2.59. The molecule has 0 atom stereocenters. The van der Waals surface area contributed by atoms with Gasteiger partial charge in [0.1, 0.15) is 5.82 Å². The fourth-order valence-electron chi connectivity index (χ4n) is 2.30. The Morgan fingerprint density at radius 2 is 1.64 bits per heavy atom. The van der Waals surface area contributed by atoms with E-state index in [1.807, 2.05) is 12.1 Å². The van der Waals surface area contributed by atoms with Crippen LogP contribution < -0.4 is 5.32 Å². The molecular formula is C19H20ClFN2O2. The molecule has 1 N–H and O–H groups in total. The van der Waals surface area contributed by atoms with Gasteiger partial charge in [0.25, 0.3) is 0 Å². The molecule has 0 radical (unpaired) electrons. The maximum absolute atomic E-state index is 12.9. The molecule has 2 aromatic rings. The molecule has 0 heterocycles. The lowest BCUT2D eigenvalue weighted by molar-refractivity contribution is -0.134. The number of nitrogens with one attached hydrogen (secondary N) is 1. The lowest BCUT2D eigenvalue weighted by Crippen LogP contribution is -2.40. The Bertz CT molecular complexity index is 717. The minimum absolute atomic E-state index is 0.00980. The molecule has 0 aliphatic heterocycles. The molecule has 2 rings (SSSR count). The Morgan fingerprint density at radius 1 is 1.04 bits per heavy atom. The molecule has 0 spiro atoms. The number of carbonyl (C=O) groups is 2. The third-order valence-electron chi connectivity index (χ3n) is 3.77. The second-order valence-corrected chi connectivity index (χ2v) is 6.16. The zero-order chi connectivity index (χ0) is 18.2. The topological polar surface area (TPSA) is 49.4 Å². The summed E-state index contributed by atoms with van der Waals surface area (Å²) in [7, 11) is 0. The first-order chi connectivity index (χ1) is 11.9. The van der Waals surface area contributed by atoms with Gasteiger partial charge in [0.05, 0.1) is 6.54 Å². The quantitative estimate of drug-likeness (QED) is 0.822. The molecule has 0 aliphatic carbocycles. The second-order valence-electron chi connectivity index (χ2n) is 5.72. The highest BCUT2D eigenvalue weighted by Gasteiger charge is 2.13. The molecule has 0 aromatic heterocycles. The maximum Gasteiger partial charge on any atom is 0.239 e. The zero-order valence-electron chi connectivity index (χ0n) is 14.0. The predicted molar refractivity (Wildman–Crippen MR) is 95.7 cm³/mol. The Morgan fingerprint density at radius 3 is 2.24 bits per heavy atom. The fourth-order valence-corrected chi connectivity index (χ4v) is 2.42. The first-order valence-corrected chi connectivity index (χ1v) is 8.33. The summed E-state index contributed by atoms with van der Waals surface area (Å²) in [6.07, 6.45) is 0.560. The minimum Gasteiger partial charge on any atom is -0.350 e. The van der Waals surface area contributed by atoms with E-state index in [9.17, 15) is 14.0 Å². The highest BCUT2D eigenvalue weighted by molar-refractivity contribution is 6.30. The van der Waals surface area contributed by atoms with Gasteiger partial charge in [-0.2, -0.15) is 0 Å². The summed E-state index contributed by atoms with van der Waals surface area (Å²) in [6, 6.07) is 13.3. The van der Waals surface area contributed by atoms with E-state index in [4.69, 9.17) is 11.6 Å². The van der Waals surface area contributed by atoms with Crippen molar-refractivity contribution in [2.24, 2.45) is 0 Å². The number of amides is 2. The molecule has 0 unspecified atom stereocenters. The largest absolute Gasteiger partial charge is 0.350 e. The average molecular weight is 363 g/mol. The molecule has 0 aliphatic rings. The first-order valence-electron chi connectivity index (χ1n) is 7.95. The molecule has 132 valence electrons. The van der Waals surface area contributed by atoms with Crippen LogP contribution in [0, 0.1) is 5.82 Å². The standard InChI is InChI=1S/C19H20ClFN2O2/c1-14(24)23(11-10-15-4-8-18(21)9-5-15)13-19(25)22-12-16-2-6-17(20)7-3-16/h2-9H,10-13H2,1H3,(H,22,25). The van der Waals surface area contributed by atoms with Gasteiger partial charge in [-0.1, -0.05) is 35.9 Å². The van der Waals surface area contributed by atoms with Crippen LogP contribution in [0.4, 0.5) is 4.39 Å². The monoisotopic (exact) mass is 362 g/mol. The van der Waals surface area contributed by atoms with Crippen LogP contribution in [0.5, 0.6) is 0 Å². The van der Waals surface area contributed by atoms with Crippen LogP contribution in [0.1, 0.15) is 18.1 Å². The summed E-state index contributed by atoms with van der Waals surface area (Å²) in [5.41, 5.74) is 1.84. The van der Waals surface area contributed by atoms with Crippen LogP contribution >= 0.6 is 11.6 Å². The van der Waals surface area contributed by atoms with E-state index >= 15 is 0 Å². The highest BCUT2D eigenvalue weighted by atomic mass is 35.5. The summed E-state index contributed by atoms with van der Waals surface area (Å²) in [4.78, 5) is 25.3. The van der Waals surface area contributed by atoms with E-state index in [1.54, 1.807) is 24.3 Å². The van der Waals surface area contributed by atoms with Gasteiger partial charge in [0, 0.05) is 25.0 Å². The van der Waals surface area contributed by atoms with E-state index in [-0.39, 0.29) is 24.2 Å². The lowest BCUT2D eigenvalue weighted by Gasteiger charge is -2.20. The van der Waals surface area contributed by atoms with Crippen LogP contribution in [0.3, 0.4) is 0 Å². The number of hydrogen-bond donors (Lipinski definition) is 1. The van der Waals surface area contributed by atoms with Gasteiger partial charge in [-0.05, 0) is 41.8 Å². The van der Waals surface area contributed by atoms with E-state index in [0.717, 1.165) is 11.1 Å². The van der Waals surface area contributed by atoms with Crippen molar-refractivity contribution in [1.82, 2.24) is 10.2 Å². The van der Waals surface area contributed by atoms with Gasteiger partial charge >= 0.3 is 0 Å². The number of carbonyl (C=O) groups excluding carboxylic acids is 2. The highest BCUT2D eigenvalue weighted by Crippen LogP contribution is 2.09. The fraction of sp³-hybridized carbons (Fsp3) is 0.263. The number of halogens is 2. The van der Waals surface area contributed by atoms with E-state index in [2.05, 4.69) is 5.32 Å². The van der Waals surface area contributed by atoms with E-state index < -0.39 is 0 Å². The third kappa shape index (κ3) is 6.55. The SMILES string of the molecule is CC(=O)N(CCc1ccc(F)cc1)CC(=O)NCc1ccc(Cl)cc1. The molecule has 25 heavy (non-hydrogen) atoms. The third-order valence-corrected chi connectivity index (χ3v) is 4.02. The molecule has 0 fully saturated rings. The molecule has 2 amide bonds. The smallest absolute Gasteiger partial charge is 0.239 e. The van der Waals surface area contributed by atoms with Crippen molar-refractivity contribution in [2.75, 3.05) is 13.1 Å². The van der Waals surface area contributed by atoms with Gasteiger partial charge in [-0.25, -0.2) is 4.39 Å². The van der Waals surface area contributed by atoms with Gasteiger partial charge in [-0.3, -0.25) is 9.59 Å². The summed E-state index contributed by atoms with van der Waals surface area (Å²) >= 11 is 5.82. The van der Waals surface area contributed by atoms with Crippen molar-refractivity contribution < 1.29 is 14.0 Å². The van der Waals surface area contributed by atoms with Crippen LogP contribution in [-0.2, 0) is 22.6 Å². The Kier molecular flexibility index (Phi) is 6.95. The summed E-state index contributed by atoms with van der Waals surface area (Å²) in [6.45, 7) is 2.19. The van der Waals surface area contributed by atoms with Crippen molar-refractivity contribution in [2.45, 2.75) is 19.9 Å². The van der Waals surface area contributed by atoms with Crippen molar-refractivity contribution in [1.29, 1.82) is 0 Å². The molecule has 0 saturated heterocycles. The van der Waals surface area contributed by atoms with Crippen molar-refractivity contribution >= 4 is 23.4 Å². The number of nitrogens with zero attached hydrogens (tertiary/aromatic N) is 1.